The van der Waals surface area contributed by atoms with Crippen LogP contribution in [0.1, 0.15) is 17.5 Å². The van der Waals surface area contributed by atoms with Gasteiger partial charge < -0.3 is 9.47 Å². The highest BCUT2D eigenvalue weighted by molar-refractivity contribution is 5.83. The number of benzene rings is 4. The van der Waals surface area contributed by atoms with Gasteiger partial charge in [0.05, 0.1) is 23.1 Å². The highest BCUT2D eigenvalue weighted by Crippen LogP contribution is 2.28. The maximum atomic E-state index is 10.8. The fourth-order valence-electron chi connectivity index (χ4n) is 3.45. The third-order valence-corrected chi connectivity index (χ3v) is 5.45. The van der Waals surface area contributed by atoms with Crippen molar-refractivity contribution in [2.75, 3.05) is 13.2 Å². The molecule has 0 aromatic heterocycles. The van der Waals surface area contributed by atoms with E-state index >= 15 is 0 Å². The Kier molecular flexibility index (Phi) is 9.06. The van der Waals surface area contributed by atoms with Crippen molar-refractivity contribution < 1.29 is 19.3 Å². The molecule has 10 heteroatoms. The molecule has 0 bridgehead atoms. The summed E-state index contributed by atoms with van der Waals surface area (Å²) in [6.07, 6.45) is 3.87. The first-order valence-electron chi connectivity index (χ1n) is 12.0. The summed E-state index contributed by atoms with van der Waals surface area (Å²) >= 11 is 0. The van der Waals surface area contributed by atoms with Gasteiger partial charge >= 0.3 is 0 Å². The third kappa shape index (κ3) is 7.80. The van der Waals surface area contributed by atoms with E-state index in [0.717, 1.165) is 11.1 Å². The number of ether oxygens (including phenoxy) is 2. The second-order valence-electron chi connectivity index (χ2n) is 8.20. The molecule has 0 saturated carbocycles. The van der Waals surface area contributed by atoms with E-state index in [1.54, 1.807) is 36.7 Å². The number of hydrogen-bond acceptors (Lipinski definition) is 8. The quantitative estimate of drug-likeness (QED) is 0.0862. The van der Waals surface area contributed by atoms with Crippen molar-refractivity contribution in [3.8, 4) is 11.5 Å². The predicted molar refractivity (Wildman–Crippen MR) is 149 cm³/mol. The van der Waals surface area contributed by atoms with Crippen molar-refractivity contribution in [3.05, 3.63) is 128 Å². The van der Waals surface area contributed by atoms with Gasteiger partial charge in [0.2, 0.25) is 0 Å². The van der Waals surface area contributed by atoms with Gasteiger partial charge in [-0.2, -0.15) is 0 Å². The Morgan fingerprint density at radius 1 is 0.590 bits per heavy atom. The Morgan fingerprint density at radius 2 is 0.974 bits per heavy atom. The van der Waals surface area contributed by atoms with Gasteiger partial charge in [-0.05, 0) is 59.7 Å². The molecule has 39 heavy (non-hydrogen) atoms. The van der Waals surface area contributed by atoms with Crippen LogP contribution in [-0.4, -0.2) is 35.5 Å². The Hall–Kier alpha value is -5.38. The Bertz CT molecular complexity index is 1370. The van der Waals surface area contributed by atoms with Crippen LogP contribution in [0.2, 0.25) is 0 Å². The summed E-state index contributed by atoms with van der Waals surface area (Å²) in [6.45, 7) is 0.802. The second-order valence-corrected chi connectivity index (χ2v) is 8.20. The van der Waals surface area contributed by atoms with Crippen molar-refractivity contribution in [2.45, 2.75) is 6.42 Å². The van der Waals surface area contributed by atoms with Crippen LogP contribution in [-0.2, 0) is 0 Å². The molecular weight excluding hydrogens is 500 g/mol. The monoisotopic (exact) mass is 524 g/mol. The molecule has 0 N–H and O–H groups in total. The van der Waals surface area contributed by atoms with E-state index in [0.29, 0.717) is 42.5 Å². The third-order valence-electron chi connectivity index (χ3n) is 5.45. The lowest BCUT2D eigenvalue weighted by molar-refractivity contribution is -0.385. The molecule has 4 aromatic carbocycles. The van der Waals surface area contributed by atoms with Crippen LogP contribution in [0.5, 0.6) is 11.5 Å². The molecule has 4 aromatic rings. The summed E-state index contributed by atoms with van der Waals surface area (Å²) in [6, 6.07) is 27.0. The van der Waals surface area contributed by atoms with Gasteiger partial charge in [-0.25, -0.2) is 0 Å². The number of non-ortho nitro benzene ring substituents is 2. The number of para-hydroxylation sites is 4. The zero-order valence-electron chi connectivity index (χ0n) is 20.8. The number of rotatable bonds is 12. The lowest BCUT2D eigenvalue weighted by atomic mass is 10.2. The van der Waals surface area contributed by atoms with E-state index < -0.39 is 9.85 Å². The number of nitro groups is 2. The molecular formula is C29H24N4O6. The standard InChI is InChI=1S/C29H24N4O6/c34-32(35)24-14-10-22(11-15-24)20-30-26-6-1-3-8-28(26)38-18-5-19-39-29-9-4-2-7-27(29)31-21-23-12-16-25(17-13-23)33(36)37/h1-4,6-17,20-21H,5,18-19H2. The van der Waals surface area contributed by atoms with Gasteiger partial charge in [0.1, 0.15) is 22.9 Å². The van der Waals surface area contributed by atoms with Crippen LogP contribution >= 0.6 is 0 Å². The minimum absolute atomic E-state index is 0.0250. The minimum Gasteiger partial charge on any atom is -0.491 e. The van der Waals surface area contributed by atoms with Gasteiger partial charge in [0, 0.05) is 43.1 Å². The summed E-state index contributed by atoms with van der Waals surface area (Å²) in [5.41, 5.74) is 2.80. The number of nitro benzene ring substituents is 2. The molecule has 4 rings (SSSR count). The molecule has 0 aliphatic heterocycles. The van der Waals surface area contributed by atoms with Crippen LogP contribution in [0, 0.1) is 20.2 Å². The van der Waals surface area contributed by atoms with Gasteiger partial charge in [-0.1, -0.05) is 24.3 Å². The normalized spacial score (nSPS) is 11.1. The minimum atomic E-state index is -0.443. The van der Waals surface area contributed by atoms with E-state index in [2.05, 4.69) is 9.98 Å². The molecule has 0 amide bonds. The first kappa shape index (κ1) is 26.7. The largest absolute Gasteiger partial charge is 0.491 e. The average molecular weight is 525 g/mol. The number of hydrogen-bond donors (Lipinski definition) is 0. The summed E-state index contributed by atoms with van der Waals surface area (Å²) in [5, 5.41) is 21.6. The van der Waals surface area contributed by atoms with Crippen LogP contribution in [0.4, 0.5) is 22.7 Å². The molecule has 0 spiro atoms. The van der Waals surface area contributed by atoms with Crippen LogP contribution in [0.3, 0.4) is 0 Å². The molecule has 0 saturated heterocycles. The van der Waals surface area contributed by atoms with Crippen LogP contribution < -0.4 is 9.47 Å². The molecule has 0 fully saturated rings. The molecule has 0 heterocycles. The fourth-order valence-corrected chi connectivity index (χ4v) is 3.45. The first-order valence-corrected chi connectivity index (χ1v) is 12.0. The zero-order chi connectivity index (χ0) is 27.5. The van der Waals surface area contributed by atoms with Crippen LogP contribution in [0.25, 0.3) is 0 Å². The van der Waals surface area contributed by atoms with E-state index in [-0.39, 0.29) is 11.4 Å². The van der Waals surface area contributed by atoms with Crippen molar-refractivity contribution in [3.63, 3.8) is 0 Å². The second kappa shape index (κ2) is 13.2. The van der Waals surface area contributed by atoms with Crippen molar-refractivity contribution >= 4 is 35.2 Å². The maximum absolute atomic E-state index is 10.8. The summed E-state index contributed by atoms with van der Waals surface area (Å²) in [7, 11) is 0. The van der Waals surface area contributed by atoms with E-state index in [4.69, 9.17) is 9.47 Å². The zero-order valence-corrected chi connectivity index (χ0v) is 20.8. The van der Waals surface area contributed by atoms with Crippen LogP contribution in [0.15, 0.2) is 107 Å². The van der Waals surface area contributed by atoms with Gasteiger partial charge in [-0.3, -0.25) is 30.2 Å². The molecule has 0 radical (unpaired) electrons. The van der Waals surface area contributed by atoms with Crippen molar-refractivity contribution in [2.24, 2.45) is 9.98 Å². The number of nitrogens with zero attached hydrogens (tertiary/aromatic N) is 4. The molecule has 0 atom stereocenters. The van der Waals surface area contributed by atoms with Gasteiger partial charge in [0.15, 0.2) is 0 Å². The van der Waals surface area contributed by atoms with E-state index in [9.17, 15) is 20.2 Å². The topological polar surface area (TPSA) is 129 Å². The Balaban J connectivity index is 1.29. The first-order chi connectivity index (χ1) is 19.0. The molecule has 0 aliphatic carbocycles. The Morgan fingerprint density at radius 3 is 1.36 bits per heavy atom. The summed E-state index contributed by atoms with van der Waals surface area (Å²) in [5.74, 6) is 1.23. The maximum Gasteiger partial charge on any atom is 0.269 e. The van der Waals surface area contributed by atoms with Gasteiger partial charge in [0.25, 0.3) is 11.4 Å². The smallest absolute Gasteiger partial charge is 0.269 e. The van der Waals surface area contributed by atoms with Crippen molar-refractivity contribution in [1.29, 1.82) is 0 Å². The lowest BCUT2D eigenvalue weighted by Crippen LogP contribution is -2.05. The lowest BCUT2D eigenvalue weighted by Gasteiger charge is -2.11. The molecule has 196 valence electrons. The highest BCUT2D eigenvalue weighted by Gasteiger charge is 2.06. The predicted octanol–water partition coefficient (Wildman–Crippen LogP) is 6.85. The van der Waals surface area contributed by atoms with Gasteiger partial charge in [-0.15, -0.1) is 0 Å². The molecule has 10 nitrogen and oxygen atoms in total. The highest BCUT2D eigenvalue weighted by atomic mass is 16.6. The van der Waals surface area contributed by atoms with E-state index in [1.807, 2.05) is 48.5 Å². The summed E-state index contributed by atoms with van der Waals surface area (Å²) < 4.78 is 11.8. The Labute approximate surface area is 224 Å². The fraction of sp³-hybridized carbons (Fsp3) is 0.103. The molecule has 0 aliphatic rings. The number of aliphatic imine (C=N–C) groups is 2. The summed E-state index contributed by atoms with van der Waals surface area (Å²) in [4.78, 5) is 29.7. The molecule has 0 unspecified atom stereocenters. The average Bonchev–Trinajstić information content (AvgIpc) is 2.96. The SMILES string of the molecule is O=[N+]([O-])c1ccc(C=Nc2ccccc2OCCCOc2ccccc2N=Cc2ccc([N+](=O)[O-])cc2)cc1. The van der Waals surface area contributed by atoms with E-state index in [1.165, 1.54) is 24.3 Å². The van der Waals surface area contributed by atoms with Crippen molar-refractivity contribution in [1.82, 2.24) is 0 Å².